The van der Waals surface area contributed by atoms with E-state index in [1.54, 1.807) is 0 Å². The number of carbonyl (C=O) groups excluding carboxylic acids is 2. The van der Waals surface area contributed by atoms with Crippen LogP contribution in [0.4, 0.5) is 8.78 Å². The molecule has 2 aromatic heterocycles. The molecule has 4 heterocycles. The maximum Gasteiger partial charge on any atom is 0.263 e. The van der Waals surface area contributed by atoms with Crippen molar-refractivity contribution in [1.82, 2.24) is 19.7 Å². The highest BCUT2D eigenvalue weighted by molar-refractivity contribution is 6.23. The van der Waals surface area contributed by atoms with E-state index >= 15 is 0 Å². The van der Waals surface area contributed by atoms with Crippen LogP contribution >= 0.6 is 0 Å². The molecule has 2 fully saturated rings. The Labute approximate surface area is 195 Å². The molecule has 1 atom stereocenters. The number of imide groups is 1. The van der Waals surface area contributed by atoms with E-state index in [0.29, 0.717) is 18.2 Å². The average Bonchev–Trinajstić information content (AvgIpc) is 3.54. The van der Waals surface area contributed by atoms with Crippen molar-refractivity contribution < 1.29 is 23.1 Å². The van der Waals surface area contributed by atoms with Gasteiger partial charge < -0.3 is 4.74 Å². The molecular formula is C25H24F2N4O3. The molecule has 0 bridgehead atoms. The normalized spacial score (nSPS) is 19.6. The molecule has 3 aliphatic rings. The molecular weight excluding hydrogens is 442 g/mol. The van der Waals surface area contributed by atoms with Crippen LogP contribution in [0, 0.1) is 11.6 Å². The number of benzene rings is 1. The summed E-state index contributed by atoms with van der Waals surface area (Å²) in [6.07, 6.45) is 12.1. The van der Waals surface area contributed by atoms with Gasteiger partial charge in [0.1, 0.15) is 11.6 Å². The molecule has 0 radical (unpaired) electrons. The summed E-state index contributed by atoms with van der Waals surface area (Å²) in [7, 11) is 1.34. The Morgan fingerprint density at radius 3 is 2.56 bits per heavy atom. The van der Waals surface area contributed by atoms with Gasteiger partial charge in [0.25, 0.3) is 11.8 Å². The number of rotatable bonds is 3. The van der Waals surface area contributed by atoms with Gasteiger partial charge in [-0.3, -0.25) is 24.2 Å². The molecule has 3 aromatic rings. The van der Waals surface area contributed by atoms with E-state index in [1.165, 1.54) is 56.6 Å². The minimum atomic E-state index is -0.833. The number of nitrogens with zero attached hydrogens (tertiary/aromatic N) is 4. The Hall–Kier alpha value is -3.46. The van der Waals surface area contributed by atoms with Crippen LogP contribution in [0.25, 0.3) is 11.3 Å². The molecule has 7 nitrogen and oxygen atoms in total. The SMILES string of the molecule is CN1C(=O)c2ccnc(-c3ccc(F)cc3F)c2C1=O.c1nn(C2CC2)cc1C1CCCCO1. The zero-order valence-electron chi connectivity index (χ0n) is 18.7. The molecule has 0 spiro atoms. The van der Waals surface area contributed by atoms with E-state index < -0.39 is 23.4 Å². The van der Waals surface area contributed by atoms with Crippen molar-refractivity contribution in [1.29, 1.82) is 0 Å². The Bertz CT molecular complexity index is 1250. The second-order valence-electron chi connectivity index (χ2n) is 8.72. The van der Waals surface area contributed by atoms with Crippen molar-refractivity contribution in [2.24, 2.45) is 0 Å². The maximum absolute atomic E-state index is 13.8. The standard InChI is InChI=1S/C14H8F2N2O2.C11H16N2O/c1-18-13(19)9-4-5-17-12(11(9)14(18)20)8-3-2-7(15)6-10(8)16;1-2-6-14-11(3-1)9-7-12-13(8-9)10-4-5-10/h2-6H,1H3;7-8,10-11H,1-6H2. The molecule has 34 heavy (non-hydrogen) atoms. The first-order valence-corrected chi connectivity index (χ1v) is 11.4. The van der Waals surface area contributed by atoms with E-state index in [0.717, 1.165) is 24.0 Å². The lowest BCUT2D eigenvalue weighted by Crippen LogP contribution is -2.24. The maximum atomic E-state index is 13.8. The van der Waals surface area contributed by atoms with Crippen molar-refractivity contribution in [2.45, 2.75) is 44.2 Å². The number of hydrogen-bond acceptors (Lipinski definition) is 5. The van der Waals surface area contributed by atoms with Crippen LogP contribution < -0.4 is 0 Å². The van der Waals surface area contributed by atoms with E-state index in [9.17, 15) is 18.4 Å². The van der Waals surface area contributed by atoms with Crippen LogP contribution in [0.1, 0.15) is 70.5 Å². The fourth-order valence-electron chi connectivity index (χ4n) is 4.24. The lowest BCUT2D eigenvalue weighted by atomic mass is 10.0. The molecule has 6 rings (SSSR count). The predicted octanol–water partition coefficient (Wildman–Crippen LogP) is 4.71. The van der Waals surface area contributed by atoms with Crippen LogP contribution in [-0.2, 0) is 4.74 Å². The minimum Gasteiger partial charge on any atom is -0.373 e. The van der Waals surface area contributed by atoms with Gasteiger partial charge in [-0.05, 0) is 50.3 Å². The van der Waals surface area contributed by atoms with E-state index in [2.05, 4.69) is 21.0 Å². The highest BCUT2D eigenvalue weighted by Gasteiger charge is 2.36. The summed E-state index contributed by atoms with van der Waals surface area (Å²) >= 11 is 0. The third-order valence-corrected chi connectivity index (χ3v) is 6.28. The lowest BCUT2D eigenvalue weighted by molar-refractivity contribution is 0.0149. The quantitative estimate of drug-likeness (QED) is 0.523. The van der Waals surface area contributed by atoms with Gasteiger partial charge in [0.05, 0.1) is 35.2 Å². The molecule has 0 N–H and O–H groups in total. The molecule has 9 heteroatoms. The Morgan fingerprint density at radius 1 is 1.03 bits per heavy atom. The molecule has 2 amide bonds. The zero-order valence-corrected chi connectivity index (χ0v) is 18.7. The number of ether oxygens (including phenoxy) is 1. The van der Waals surface area contributed by atoms with Crippen molar-refractivity contribution >= 4 is 11.8 Å². The number of fused-ring (bicyclic) bond motifs is 1. The van der Waals surface area contributed by atoms with Gasteiger partial charge in [-0.25, -0.2) is 8.78 Å². The van der Waals surface area contributed by atoms with Gasteiger partial charge in [-0.2, -0.15) is 5.10 Å². The third kappa shape index (κ3) is 4.23. The zero-order chi connectivity index (χ0) is 23.8. The molecule has 2 aliphatic heterocycles. The van der Waals surface area contributed by atoms with E-state index in [1.807, 2.05) is 6.20 Å². The van der Waals surface area contributed by atoms with Crippen molar-refractivity contribution in [3.8, 4) is 11.3 Å². The highest BCUT2D eigenvalue weighted by Crippen LogP contribution is 2.36. The summed E-state index contributed by atoms with van der Waals surface area (Å²) < 4.78 is 34.6. The largest absolute Gasteiger partial charge is 0.373 e. The van der Waals surface area contributed by atoms with Gasteiger partial charge >= 0.3 is 0 Å². The minimum absolute atomic E-state index is 0.0142. The molecule has 176 valence electrons. The number of aromatic nitrogens is 3. The van der Waals surface area contributed by atoms with Crippen LogP contribution in [-0.4, -0.2) is 45.1 Å². The summed E-state index contributed by atoms with van der Waals surface area (Å²) in [5, 5.41) is 4.39. The van der Waals surface area contributed by atoms with Crippen LogP contribution in [0.2, 0.25) is 0 Å². The van der Waals surface area contributed by atoms with Crippen molar-refractivity contribution in [2.75, 3.05) is 13.7 Å². The first kappa shape index (κ1) is 22.3. The first-order valence-electron chi connectivity index (χ1n) is 11.4. The van der Waals surface area contributed by atoms with Crippen molar-refractivity contribution in [3.63, 3.8) is 0 Å². The monoisotopic (exact) mass is 466 g/mol. The summed E-state index contributed by atoms with van der Waals surface area (Å²) in [5.41, 5.74) is 1.52. The first-order chi connectivity index (χ1) is 16.4. The highest BCUT2D eigenvalue weighted by atomic mass is 19.1. The molecule has 1 aromatic carbocycles. The van der Waals surface area contributed by atoms with Crippen LogP contribution in [0.5, 0.6) is 0 Å². The van der Waals surface area contributed by atoms with Crippen molar-refractivity contribution in [3.05, 3.63) is 71.2 Å². The number of carbonyl (C=O) groups is 2. The second-order valence-corrected chi connectivity index (χ2v) is 8.72. The summed E-state index contributed by atoms with van der Waals surface area (Å²) in [4.78, 5) is 28.8. The van der Waals surface area contributed by atoms with Crippen LogP contribution in [0.15, 0.2) is 42.9 Å². The average molecular weight is 466 g/mol. The van der Waals surface area contributed by atoms with Gasteiger partial charge in [0.2, 0.25) is 0 Å². The number of pyridine rings is 1. The Morgan fingerprint density at radius 2 is 1.85 bits per heavy atom. The molecule has 1 saturated carbocycles. The summed E-state index contributed by atoms with van der Waals surface area (Å²) in [5.74, 6) is -2.56. The topological polar surface area (TPSA) is 77.3 Å². The van der Waals surface area contributed by atoms with Gasteiger partial charge in [0, 0.05) is 43.2 Å². The third-order valence-electron chi connectivity index (χ3n) is 6.28. The smallest absolute Gasteiger partial charge is 0.263 e. The fourth-order valence-corrected chi connectivity index (χ4v) is 4.24. The number of amides is 2. The van der Waals surface area contributed by atoms with Gasteiger partial charge in [-0.1, -0.05) is 0 Å². The second kappa shape index (κ2) is 9.06. The van der Waals surface area contributed by atoms with Gasteiger partial charge in [-0.15, -0.1) is 0 Å². The predicted molar refractivity (Wildman–Crippen MR) is 119 cm³/mol. The molecule has 1 unspecified atom stereocenters. The summed E-state index contributed by atoms with van der Waals surface area (Å²) in [6.45, 7) is 0.916. The van der Waals surface area contributed by atoms with E-state index in [-0.39, 0.29) is 22.4 Å². The molecule has 1 aliphatic carbocycles. The summed E-state index contributed by atoms with van der Waals surface area (Å²) in [6, 6.07) is 5.08. The Kier molecular flexibility index (Phi) is 5.95. The fraction of sp³-hybridized carbons (Fsp3) is 0.360. The lowest BCUT2D eigenvalue weighted by Gasteiger charge is -2.21. The molecule has 1 saturated heterocycles. The Balaban J connectivity index is 0.000000150. The van der Waals surface area contributed by atoms with Gasteiger partial charge in [0.15, 0.2) is 0 Å². The number of halogens is 2. The van der Waals surface area contributed by atoms with Crippen LogP contribution in [0.3, 0.4) is 0 Å². The number of hydrogen-bond donors (Lipinski definition) is 0. The van der Waals surface area contributed by atoms with E-state index in [4.69, 9.17) is 4.74 Å².